The minimum atomic E-state index is -1.21. The van der Waals surface area contributed by atoms with Crippen molar-refractivity contribution >= 4 is 31.7 Å². The van der Waals surface area contributed by atoms with Crippen LogP contribution in [0.1, 0.15) is 71.1 Å². The van der Waals surface area contributed by atoms with Crippen LogP contribution in [0.25, 0.3) is 0 Å². The van der Waals surface area contributed by atoms with Crippen molar-refractivity contribution < 1.29 is 82.9 Å². The number of nitrogens with one attached hydrogen (secondary N) is 4. The molecule has 22 heteroatoms. The van der Waals surface area contributed by atoms with E-state index in [-0.39, 0.29) is 96.3 Å². The quantitative estimate of drug-likeness (QED) is 0.0276. The van der Waals surface area contributed by atoms with Crippen LogP contribution in [0.2, 0.25) is 0 Å². The number of aliphatic hydroxyl groups excluding tert-OH is 6. The Morgan fingerprint density at radius 2 is 1.19 bits per heavy atom. The lowest BCUT2D eigenvalue weighted by atomic mass is 9.86. The summed E-state index contributed by atoms with van der Waals surface area (Å²) in [5.74, 6) is -1.96. The van der Waals surface area contributed by atoms with Crippen LogP contribution in [0.5, 0.6) is 0 Å². The molecule has 0 aromatic rings. The summed E-state index contributed by atoms with van der Waals surface area (Å²) >= 11 is 0. The van der Waals surface area contributed by atoms with E-state index in [2.05, 4.69) is 21.3 Å². The average Bonchev–Trinajstić information content (AvgIpc) is 3.23. The number of aliphatic hydroxyl groups is 6. The highest BCUT2D eigenvalue weighted by molar-refractivity contribution is 5.98. The van der Waals surface area contributed by atoms with Gasteiger partial charge < -0.3 is 85.0 Å². The Kier molecular flexibility index (Phi) is 24.2. The van der Waals surface area contributed by atoms with Crippen LogP contribution in [-0.4, -0.2) is 196 Å². The molecule has 0 aromatic carbocycles. The van der Waals surface area contributed by atoms with Crippen LogP contribution in [0.4, 0.5) is 0 Å². The molecule has 59 heavy (non-hydrogen) atoms. The first kappa shape index (κ1) is 50.8. The highest BCUT2D eigenvalue weighted by Gasteiger charge is 2.38. The lowest BCUT2D eigenvalue weighted by Gasteiger charge is -2.36. The van der Waals surface area contributed by atoms with E-state index >= 15 is 0 Å². The van der Waals surface area contributed by atoms with Gasteiger partial charge in [0.05, 0.1) is 65.1 Å². The maximum absolute atomic E-state index is 13.3. The number of carbonyl (C=O) groups excluding carboxylic acids is 4. The molecule has 2 aliphatic heterocycles. The average molecular weight is 851 g/mol. The second kappa shape index (κ2) is 28.1. The van der Waals surface area contributed by atoms with Crippen LogP contribution in [-0.2, 0) is 52.3 Å². The molecule has 2 saturated heterocycles. The maximum atomic E-state index is 13.3. The molecule has 10 N–H and O–H groups in total. The van der Waals surface area contributed by atoms with Gasteiger partial charge >= 0.3 is 0 Å². The number of rotatable bonds is 27. The van der Waals surface area contributed by atoms with Gasteiger partial charge in [-0.15, -0.1) is 0 Å². The molecule has 0 radical (unpaired) electrons. The predicted molar refractivity (Wildman–Crippen MR) is 208 cm³/mol. The predicted octanol–water partition coefficient (Wildman–Crippen LogP) is -4.38. The molecular weight excluding hydrogens is 783 g/mol. The molecule has 10 unspecified atom stereocenters. The summed E-state index contributed by atoms with van der Waals surface area (Å²) in [4.78, 5) is 52.6. The summed E-state index contributed by atoms with van der Waals surface area (Å²) in [5.41, 5.74) is 0. The molecule has 0 spiro atoms. The standard InChI is InChI=1S/C37H67BN4O17/c1-2-3-24(36(51)39-10-12-53-14-16-55-31-18-26(45)33(48)28(20-43)57-31)41-30(47)9-8-25(42-35(50)22-4-6-23(59-38)7-5-22)37(52)40-11-13-54-15-17-56-32-19-27(46)34(49)29(21-44)58-32/h22-29,31-34,43-46,48-49H,2-21,38H2,1H3,(H,39,51)(H,40,52)(H,41,47)(H,42,50). The molecule has 4 amide bonds. The molecule has 3 rings (SSSR count). The van der Waals surface area contributed by atoms with Crippen molar-refractivity contribution in [3.8, 4) is 0 Å². The summed E-state index contributed by atoms with van der Waals surface area (Å²) < 4.78 is 38.3. The van der Waals surface area contributed by atoms with E-state index in [9.17, 15) is 49.8 Å². The lowest BCUT2D eigenvalue weighted by Crippen LogP contribution is -2.51. The van der Waals surface area contributed by atoms with Crippen molar-refractivity contribution in [1.29, 1.82) is 0 Å². The van der Waals surface area contributed by atoms with Gasteiger partial charge in [0.25, 0.3) is 8.05 Å². The molecule has 3 aliphatic rings. The van der Waals surface area contributed by atoms with Gasteiger partial charge in [0.1, 0.15) is 36.5 Å². The van der Waals surface area contributed by atoms with Crippen molar-refractivity contribution in [2.75, 3.05) is 65.9 Å². The van der Waals surface area contributed by atoms with E-state index in [1.165, 1.54) is 0 Å². The van der Waals surface area contributed by atoms with Crippen molar-refractivity contribution in [3.05, 3.63) is 0 Å². The zero-order valence-electron chi connectivity index (χ0n) is 34.2. The fraction of sp³-hybridized carbons (Fsp3) is 0.892. The maximum Gasteiger partial charge on any atom is 0.257 e. The molecule has 1 saturated carbocycles. The highest BCUT2D eigenvalue weighted by Crippen LogP contribution is 2.26. The third-order valence-electron chi connectivity index (χ3n) is 10.5. The monoisotopic (exact) mass is 850 g/mol. The second-order valence-corrected chi connectivity index (χ2v) is 14.9. The molecular formula is C37H67BN4O17. The Morgan fingerprint density at radius 3 is 1.64 bits per heavy atom. The van der Waals surface area contributed by atoms with Gasteiger partial charge in [0.15, 0.2) is 12.6 Å². The lowest BCUT2D eigenvalue weighted by molar-refractivity contribution is -0.258. The Labute approximate surface area is 345 Å². The van der Waals surface area contributed by atoms with Gasteiger partial charge in [-0.3, -0.25) is 19.2 Å². The van der Waals surface area contributed by atoms with Gasteiger partial charge in [0.2, 0.25) is 23.6 Å². The van der Waals surface area contributed by atoms with Gasteiger partial charge in [-0.2, -0.15) is 0 Å². The zero-order chi connectivity index (χ0) is 43.2. The van der Waals surface area contributed by atoms with Crippen LogP contribution in [0.3, 0.4) is 0 Å². The molecule has 340 valence electrons. The van der Waals surface area contributed by atoms with E-state index < -0.39 is 92.2 Å². The van der Waals surface area contributed by atoms with Gasteiger partial charge in [0, 0.05) is 44.4 Å². The number of hydrogen-bond acceptors (Lipinski definition) is 17. The van der Waals surface area contributed by atoms with Crippen LogP contribution < -0.4 is 21.3 Å². The first-order valence-electron chi connectivity index (χ1n) is 20.7. The van der Waals surface area contributed by atoms with Crippen molar-refractivity contribution in [3.63, 3.8) is 0 Å². The minimum Gasteiger partial charge on any atom is -0.441 e. The molecule has 10 atom stereocenters. The Morgan fingerprint density at radius 1 is 0.695 bits per heavy atom. The number of ether oxygens (including phenoxy) is 6. The summed E-state index contributed by atoms with van der Waals surface area (Å²) in [7, 11) is 1.64. The van der Waals surface area contributed by atoms with Crippen LogP contribution in [0, 0.1) is 5.92 Å². The zero-order valence-corrected chi connectivity index (χ0v) is 34.2. The third-order valence-corrected chi connectivity index (χ3v) is 10.5. The number of carbonyl (C=O) groups is 4. The van der Waals surface area contributed by atoms with Crippen LogP contribution in [0.15, 0.2) is 0 Å². The molecule has 1 aliphatic carbocycles. The minimum absolute atomic E-state index is 0.0231. The molecule has 0 aromatic heterocycles. The molecule has 2 heterocycles. The SMILES string of the molecule is BOC1CCC(C(=O)NC(CCC(=O)NC(CCC)C(=O)NCCOCCOC2CC(O)C(O)C(CO)O2)C(=O)NCCOCCOC2CC(O)C(O)C(CO)O2)CC1. The second-order valence-electron chi connectivity index (χ2n) is 14.9. The topological polar surface area (TPSA) is 302 Å². The van der Waals surface area contributed by atoms with E-state index in [1.54, 1.807) is 8.05 Å². The molecule has 3 fully saturated rings. The summed E-state index contributed by atoms with van der Waals surface area (Å²) in [6.45, 7) is 1.90. The first-order chi connectivity index (χ1) is 28.4. The summed E-state index contributed by atoms with van der Waals surface area (Å²) in [5, 5.41) is 69.1. The Balaban J connectivity index is 1.40. The van der Waals surface area contributed by atoms with E-state index in [1.807, 2.05) is 6.92 Å². The number of hydrogen-bond donors (Lipinski definition) is 10. The van der Waals surface area contributed by atoms with Crippen LogP contribution >= 0.6 is 0 Å². The Hall–Kier alpha value is -2.58. The highest BCUT2D eigenvalue weighted by atomic mass is 16.7. The van der Waals surface area contributed by atoms with Crippen molar-refractivity contribution in [2.24, 2.45) is 5.92 Å². The molecule has 21 nitrogen and oxygen atoms in total. The van der Waals surface area contributed by atoms with E-state index in [0.29, 0.717) is 38.5 Å². The van der Waals surface area contributed by atoms with Gasteiger partial charge in [-0.25, -0.2) is 0 Å². The van der Waals surface area contributed by atoms with E-state index in [4.69, 9.17) is 33.1 Å². The summed E-state index contributed by atoms with van der Waals surface area (Å²) in [6, 6.07) is -1.87. The largest absolute Gasteiger partial charge is 0.441 e. The fourth-order valence-corrected chi connectivity index (χ4v) is 6.99. The first-order valence-corrected chi connectivity index (χ1v) is 20.7. The van der Waals surface area contributed by atoms with Gasteiger partial charge in [-0.05, 0) is 38.5 Å². The smallest absolute Gasteiger partial charge is 0.257 e. The fourth-order valence-electron chi connectivity index (χ4n) is 6.99. The third kappa shape index (κ3) is 18.1. The van der Waals surface area contributed by atoms with Crippen molar-refractivity contribution in [1.82, 2.24) is 21.3 Å². The van der Waals surface area contributed by atoms with E-state index in [0.717, 1.165) is 0 Å². The molecule has 0 bridgehead atoms. The van der Waals surface area contributed by atoms with Gasteiger partial charge in [-0.1, -0.05) is 13.3 Å². The van der Waals surface area contributed by atoms with Crippen molar-refractivity contribution in [2.45, 2.75) is 139 Å². The summed E-state index contributed by atoms with van der Waals surface area (Å²) in [6.07, 6.45) is -4.58. The number of amides is 4. The normalized spacial score (nSPS) is 29.5. The Bertz CT molecular complexity index is 1240.